The van der Waals surface area contributed by atoms with Gasteiger partial charge in [-0.25, -0.2) is 15.0 Å². The van der Waals surface area contributed by atoms with Gasteiger partial charge in [0.15, 0.2) is 11.6 Å². The molecule has 32 heavy (non-hydrogen) atoms. The number of rotatable bonds is 5. The van der Waals surface area contributed by atoms with E-state index in [1.807, 2.05) is 38.1 Å². The Morgan fingerprint density at radius 3 is 2.50 bits per heavy atom. The molecule has 162 valence electrons. The van der Waals surface area contributed by atoms with Crippen LogP contribution in [0.15, 0.2) is 60.9 Å². The van der Waals surface area contributed by atoms with Crippen molar-refractivity contribution >= 4 is 22.6 Å². The quantitative estimate of drug-likeness (QED) is 0.480. The van der Waals surface area contributed by atoms with E-state index in [0.29, 0.717) is 41.9 Å². The second-order valence-corrected chi connectivity index (χ2v) is 7.91. The lowest BCUT2D eigenvalue weighted by Gasteiger charge is -2.36. The Bertz CT molecular complexity index is 1210. The lowest BCUT2D eigenvalue weighted by molar-refractivity contribution is -0.00558. The molecule has 3 heterocycles. The van der Waals surface area contributed by atoms with Gasteiger partial charge in [-0.1, -0.05) is 12.1 Å². The Balaban J connectivity index is 1.35. The summed E-state index contributed by atoms with van der Waals surface area (Å²) in [5, 5.41) is 0. The van der Waals surface area contributed by atoms with Gasteiger partial charge >= 0.3 is 0 Å². The lowest BCUT2D eigenvalue weighted by atomic mass is 10.1. The molecule has 1 saturated heterocycles. The fourth-order valence-electron chi connectivity index (χ4n) is 3.94. The maximum absolute atomic E-state index is 12.8. The number of H-pyrrole nitrogens is 1. The van der Waals surface area contributed by atoms with Crippen molar-refractivity contribution in [3.05, 3.63) is 72.3 Å². The van der Waals surface area contributed by atoms with Gasteiger partial charge in [0.2, 0.25) is 5.78 Å². The molecule has 1 fully saturated rings. The molecule has 1 aliphatic heterocycles. The zero-order chi connectivity index (χ0) is 22.1. The van der Waals surface area contributed by atoms with Gasteiger partial charge in [0, 0.05) is 31.0 Å². The third-order valence-corrected chi connectivity index (χ3v) is 5.30. The number of fused-ring (bicyclic) bond motifs is 1. The minimum absolute atomic E-state index is 0.0946. The molecule has 0 saturated carbocycles. The topological polar surface area (TPSA) is 93.2 Å². The highest BCUT2D eigenvalue weighted by Crippen LogP contribution is 2.30. The van der Waals surface area contributed by atoms with Crippen LogP contribution in [-0.2, 0) is 4.74 Å². The number of aromatic nitrogens is 4. The summed E-state index contributed by atoms with van der Waals surface area (Å²) in [6, 6.07) is 14.5. The number of nitrogens with one attached hydrogen (secondary N) is 1. The van der Waals surface area contributed by atoms with Gasteiger partial charge < -0.3 is 19.4 Å². The number of nitrogens with zero attached hydrogens (tertiary/aromatic N) is 4. The molecule has 2 atom stereocenters. The maximum atomic E-state index is 12.8. The number of benzene rings is 2. The van der Waals surface area contributed by atoms with Crippen LogP contribution in [0.25, 0.3) is 11.0 Å². The molecule has 8 heteroatoms. The number of carbonyl (C=O) groups excluding carboxylic acids is 1. The molecule has 1 N–H and O–H groups in total. The molecule has 4 aromatic rings. The molecule has 0 radical (unpaired) electrons. The summed E-state index contributed by atoms with van der Waals surface area (Å²) in [4.78, 5) is 31.3. The molecular formula is C24H23N5O3. The predicted molar refractivity (Wildman–Crippen MR) is 120 cm³/mol. The van der Waals surface area contributed by atoms with E-state index in [4.69, 9.17) is 9.47 Å². The number of hydrogen-bond acceptors (Lipinski definition) is 7. The molecule has 0 aliphatic carbocycles. The van der Waals surface area contributed by atoms with Gasteiger partial charge in [-0.05, 0) is 50.2 Å². The third-order valence-electron chi connectivity index (χ3n) is 5.30. The average molecular weight is 429 g/mol. The number of para-hydroxylation sites is 2. The van der Waals surface area contributed by atoms with Crippen LogP contribution in [0.4, 0.5) is 5.82 Å². The van der Waals surface area contributed by atoms with Gasteiger partial charge in [-0.15, -0.1) is 0 Å². The Hall–Kier alpha value is -3.78. The average Bonchev–Trinajstić information content (AvgIpc) is 3.23. The predicted octanol–water partition coefficient (Wildman–Crippen LogP) is 3.99. The first-order valence-electron chi connectivity index (χ1n) is 10.6. The van der Waals surface area contributed by atoms with Gasteiger partial charge in [-0.3, -0.25) is 4.79 Å². The van der Waals surface area contributed by atoms with Crippen LogP contribution in [0.5, 0.6) is 11.6 Å². The fourth-order valence-corrected chi connectivity index (χ4v) is 3.94. The summed E-state index contributed by atoms with van der Waals surface area (Å²) >= 11 is 0. The standard InChI is InChI=1S/C24H23N5O3/c1-15-13-29(14-16(2)31-15)23-24(26-12-11-25-23)32-18-9-7-17(8-10-18)21(30)22-27-19-5-3-4-6-20(19)28-22/h3-12,15-16H,13-14H2,1-2H3,(H,27,28). The first-order valence-corrected chi connectivity index (χ1v) is 10.6. The summed E-state index contributed by atoms with van der Waals surface area (Å²) in [5.41, 5.74) is 2.11. The van der Waals surface area contributed by atoms with Crippen LogP contribution < -0.4 is 9.64 Å². The highest BCUT2D eigenvalue weighted by atomic mass is 16.5. The van der Waals surface area contributed by atoms with Crippen LogP contribution >= 0.6 is 0 Å². The largest absolute Gasteiger partial charge is 0.436 e. The number of aromatic amines is 1. The monoisotopic (exact) mass is 429 g/mol. The zero-order valence-electron chi connectivity index (χ0n) is 17.9. The zero-order valence-corrected chi connectivity index (χ0v) is 17.9. The molecule has 5 rings (SSSR count). The Kier molecular flexibility index (Phi) is 5.28. The molecule has 2 unspecified atom stereocenters. The van der Waals surface area contributed by atoms with Crippen molar-refractivity contribution in [2.75, 3.05) is 18.0 Å². The van der Waals surface area contributed by atoms with E-state index in [2.05, 4.69) is 24.8 Å². The molecule has 0 bridgehead atoms. The molecule has 2 aromatic carbocycles. The molecule has 0 spiro atoms. The molecule has 1 aliphatic rings. The van der Waals surface area contributed by atoms with Crippen molar-refractivity contribution in [1.82, 2.24) is 19.9 Å². The number of ketones is 1. The van der Waals surface area contributed by atoms with Crippen molar-refractivity contribution in [1.29, 1.82) is 0 Å². The van der Waals surface area contributed by atoms with Crippen molar-refractivity contribution in [2.24, 2.45) is 0 Å². The van der Waals surface area contributed by atoms with Crippen molar-refractivity contribution in [3.8, 4) is 11.6 Å². The normalized spacial score (nSPS) is 18.6. The summed E-state index contributed by atoms with van der Waals surface area (Å²) in [7, 11) is 0. The number of hydrogen-bond donors (Lipinski definition) is 1. The minimum Gasteiger partial charge on any atom is -0.436 e. The van der Waals surface area contributed by atoms with Gasteiger partial charge in [-0.2, -0.15) is 0 Å². The van der Waals surface area contributed by atoms with Gasteiger partial charge in [0.05, 0.1) is 23.2 Å². The van der Waals surface area contributed by atoms with Crippen LogP contribution in [0.2, 0.25) is 0 Å². The van der Waals surface area contributed by atoms with Crippen molar-refractivity contribution in [3.63, 3.8) is 0 Å². The van der Waals surface area contributed by atoms with E-state index >= 15 is 0 Å². The highest BCUT2D eigenvalue weighted by molar-refractivity contribution is 6.08. The fraction of sp³-hybridized carbons (Fsp3) is 0.250. The summed E-state index contributed by atoms with van der Waals surface area (Å²) in [5.74, 6) is 1.81. The summed E-state index contributed by atoms with van der Waals surface area (Å²) < 4.78 is 11.8. The van der Waals surface area contributed by atoms with Crippen LogP contribution in [0.3, 0.4) is 0 Å². The van der Waals surface area contributed by atoms with E-state index in [0.717, 1.165) is 11.0 Å². The molecule has 2 aromatic heterocycles. The SMILES string of the molecule is CC1CN(c2nccnc2Oc2ccc(C(=O)c3nc4ccccc4[nH]3)cc2)CC(C)O1. The number of carbonyl (C=O) groups is 1. The first-order chi connectivity index (χ1) is 15.6. The van der Waals surface area contributed by atoms with E-state index in [1.165, 1.54) is 0 Å². The summed E-state index contributed by atoms with van der Waals surface area (Å²) in [6.07, 6.45) is 3.45. The molecule has 0 amide bonds. The summed E-state index contributed by atoms with van der Waals surface area (Å²) in [6.45, 7) is 5.50. The third kappa shape index (κ3) is 4.04. The smallest absolute Gasteiger partial charge is 0.263 e. The second kappa shape index (κ2) is 8.39. The minimum atomic E-state index is -0.177. The van der Waals surface area contributed by atoms with Gasteiger partial charge in [0.25, 0.3) is 5.88 Å². The van der Waals surface area contributed by atoms with Crippen molar-refractivity contribution in [2.45, 2.75) is 26.1 Å². The van der Waals surface area contributed by atoms with E-state index in [1.54, 1.807) is 36.7 Å². The van der Waals surface area contributed by atoms with Gasteiger partial charge in [0.1, 0.15) is 5.75 Å². The molecular weight excluding hydrogens is 406 g/mol. The lowest BCUT2D eigenvalue weighted by Crippen LogP contribution is -2.46. The Labute approximate surface area is 185 Å². The van der Waals surface area contributed by atoms with E-state index in [9.17, 15) is 4.79 Å². The number of anilines is 1. The Morgan fingerprint density at radius 2 is 1.75 bits per heavy atom. The Morgan fingerprint density at radius 1 is 1.03 bits per heavy atom. The molecule has 8 nitrogen and oxygen atoms in total. The number of imidazole rings is 1. The second-order valence-electron chi connectivity index (χ2n) is 7.91. The van der Waals surface area contributed by atoms with E-state index in [-0.39, 0.29) is 18.0 Å². The number of morpholine rings is 1. The van der Waals surface area contributed by atoms with Crippen LogP contribution in [0.1, 0.15) is 30.0 Å². The van der Waals surface area contributed by atoms with Crippen molar-refractivity contribution < 1.29 is 14.3 Å². The number of ether oxygens (including phenoxy) is 2. The van der Waals surface area contributed by atoms with Crippen LogP contribution in [-0.4, -0.2) is 51.0 Å². The van der Waals surface area contributed by atoms with E-state index < -0.39 is 0 Å². The van der Waals surface area contributed by atoms with Crippen LogP contribution in [0, 0.1) is 0 Å². The maximum Gasteiger partial charge on any atom is 0.263 e. The highest BCUT2D eigenvalue weighted by Gasteiger charge is 2.26. The first kappa shape index (κ1) is 20.1.